The summed E-state index contributed by atoms with van der Waals surface area (Å²) in [4.78, 5) is 21.1. The van der Waals surface area contributed by atoms with Crippen molar-refractivity contribution < 1.29 is 29.5 Å². The van der Waals surface area contributed by atoms with Gasteiger partial charge in [-0.25, -0.2) is 4.79 Å². The number of aliphatic hydroxyl groups excluding tert-OH is 1. The summed E-state index contributed by atoms with van der Waals surface area (Å²) in [6, 6.07) is 8.90. The minimum Gasteiger partial charge on any atom is -0.479 e. The highest BCUT2D eigenvalue weighted by Gasteiger charge is 2.25. The molecule has 0 fully saturated rings. The first-order valence-electron chi connectivity index (χ1n) is 6.76. The third-order valence-electron chi connectivity index (χ3n) is 2.55. The lowest BCUT2D eigenvalue weighted by molar-refractivity contribution is -0.518. The van der Waals surface area contributed by atoms with Gasteiger partial charge in [-0.1, -0.05) is 18.2 Å². The fourth-order valence-corrected chi connectivity index (χ4v) is 1.71. The van der Waals surface area contributed by atoms with Gasteiger partial charge in [0.2, 0.25) is 0 Å². The standard InChI is InChI=1S/C15H22O6/c1-11(16)10-15(3,4)20-21-19-14(17)12(2)18-13-8-6-5-7-9-13/h5-9,11-12,16H,10H2,1-4H3. The van der Waals surface area contributed by atoms with Crippen LogP contribution in [0.3, 0.4) is 0 Å². The Morgan fingerprint density at radius 3 is 2.43 bits per heavy atom. The zero-order valence-electron chi connectivity index (χ0n) is 12.7. The van der Waals surface area contributed by atoms with Crippen molar-refractivity contribution in [3.8, 4) is 5.75 Å². The molecule has 2 unspecified atom stereocenters. The zero-order valence-corrected chi connectivity index (χ0v) is 12.7. The molecule has 1 aromatic rings. The number of rotatable bonds is 8. The molecular weight excluding hydrogens is 276 g/mol. The van der Waals surface area contributed by atoms with E-state index in [1.807, 2.05) is 6.07 Å². The van der Waals surface area contributed by atoms with E-state index in [0.29, 0.717) is 12.2 Å². The van der Waals surface area contributed by atoms with E-state index < -0.39 is 23.8 Å². The SMILES string of the molecule is CC(O)CC(C)(C)OOOC(=O)C(C)Oc1ccccc1. The summed E-state index contributed by atoms with van der Waals surface area (Å²) in [6.07, 6.45) is -1.06. The van der Waals surface area contributed by atoms with Crippen LogP contribution in [0, 0.1) is 0 Å². The predicted octanol–water partition coefficient (Wildman–Crippen LogP) is 2.41. The minimum absolute atomic E-state index is 0.334. The number of para-hydroxylation sites is 1. The van der Waals surface area contributed by atoms with Gasteiger partial charge in [-0.05, 0) is 44.9 Å². The molecule has 6 nitrogen and oxygen atoms in total. The van der Waals surface area contributed by atoms with Crippen molar-refractivity contribution in [3.05, 3.63) is 30.3 Å². The van der Waals surface area contributed by atoms with Crippen molar-refractivity contribution in [2.75, 3.05) is 0 Å². The van der Waals surface area contributed by atoms with E-state index in [1.54, 1.807) is 52.0 Å². The van der Waals surface area contributed by atoms with Gasteiger partial charge in [0.25, 0.3) is 0 Å². The number of ether oxygens (including phenoxy) is 1. The molecule has 6 heteroatoms. The Balaban J connectivity index is 2.33. The van der Waals surface area contributed by atoms with E-state index in [4.69, 9.17) is 9.62 Å². The lowest BCUT2D eigenvalue weighted by atomic mass is 10.0. The Morgan fingerprint density at radius 2 is 1.86 bits per heavy atom. The molecule has 1 N–H and O–H groups in total. The number of hydrogen-bond acceptors (Lipinski definition) is 6. The zero-order chi connectivity index (χ0) is 15.9. The molecule has 1 rings (SSSR count). The van der Waals surface area contributed by atoms with Crippen molar-refractivity contribution in [2.24, 2.45) is 0 Å². The van der Waals surface area contributed by atoms with Crippen LogP contribution in [0.4, 0.5) is 0 Å². The predicted molar refractivity (Wildman–Crippen MR) is 75.2 cm³/mol. The molecule has 21 heavy (non-hydrogen) atoms. The molecule has 118 valence electrons. The Bertz CT molecular complexity index is 429. The van der Waals surface area contributed by atoms with Crippen LogP contribution in [-0.2, 0) is 19.6 Å². The van der Waals surface area contributed by atoms with Gasteiger partial charge in [0, 0.05) is 6.42 Å². The van der Waals surface area contributed by atoms with Gasteiger partial charge in [0.05, 0.1) is 6.10 Å². The number of hydrogen-bond donors (Lipinski definition) is 1. The molecule has 0 radical (unpaired) electrons. The normalized spacial score (nSPS) is 14.3. The van der Waals surface area contributed by atoms with E-state index in [2.05, 4.69) is 9.93 Å². The first-order valence-corrected chi connectivity index (χ1v) is 6.76. The molecule has 0 amide bonds. The average Bonchev–Trinajstić information content (AvgIpc) is 2.37. The summed E-state index contributed by atoms with van der Waals surface area (Å²) >= 11 is 0. The van der Waals surface area contributed by atoms with Gasteiger partial charge in [0.15, 0.2) is 6.10 Å². The Labute approximate surface area is 124 Å². The fourth-order valence-electron chi connectivity index (χ4n) is 1.71. The Morgan fingerprint density at radius 1 is 1.24 bits per heavy atom. The highest BCUT2D eigenvalue weighted by molar-refractivity contribution is 5.73. The van der Waals surface area contributed by atoms with Crippen LogP contribution in [0.15, 0.2) is 30.3 Å². The van der Waals surface area contributed by atoms with Crippen LogP contribution in [0.2, 0.25) is 0 Å². The third kappa shape index (κ3) is 7.08. The molecule has 0 aromatic heterocycles. The van der Waals surface area contributed by atoms with E-state index in [-0.39, 0.29) is 0 Å². The fraction of sp³-hybridized carbons (Fsp3) is 0.533. The second-order valence-corrected chi connectivity index (χ2v) is 5.44. The van der Waals surface area contributed by atoms with E-state index in [1.165, 1.54) is 0 Å². The minimum atomic E-state index is -0.837. The molecule has 2 atom stereocenters. The summed E-state index contributed by atoms with van der Waals surface area (Å²) in [5, 5.41) is 13.8. The van der Waals surface area contributed by atoms with Crippen molar-refractivity contribution in [3.63, 3.8) is 0 Å². The maximum atomic E-state index is 11.7. The van der Waals surface area contributed by atoms with Crippen molar-refractivity contribution in [2.45, 2.75) is 51.9 Å². The molecule has 0 aliphatic heterocycles. The molecule has 0 bridgehead atoms. The Hall–Kier alpha value is -1.63. The van der Waals surface area contributed by atoms with Crippen molar-refractivity contribution in [1.82, 2.24) is 0 Å². The van der Waals surface area contributed by atoms with E-state index in [9.17, 15) is 9.90 Å². The smallest absolute Gasteiger partial charge is 0.385 e. The van der Waals surface area contributed by atoms with Gasteiger partial charge >= 0.3 is 5.97 Å². The van der Waals surface area contributed by atoms with Crippen LogP contribution >= 0.6 is 0 Å². The average molecular weight is 298 g/mol. The molecule has 1 aromatic carbocycles. The van der Waals surface area contributed by atoms with Crippen LogP contribution in [0.5, 0.6) is 5.75 Å². The number of carbonyl (C=O) groups excluding carboxylic acids is 1. The summed E-state index contributed by atoms with van der Waals surface area (Å²) in [6.45, 7) is 6.58. The summed E-state index contributed by atoms with van der Waals surface area (Å²) in [5.74, 6) is -0.163. The second-order valence-electron chi connectivity index (χ2n) is 5.44. The maximum Gasteiger partial charge on any atom is 0.385 e. The molecule has 0 aliphatic carbocycles. The van der Waals surface area contributed by atoms with Gasteiger partial charge in [0.1, 0.15) is 11.4 Å². The summed E-state index contributed by atoms with van der Waals surface area (Å²) in [7, 11) is 0. The van der Waals surface area contributed by atoms with Crippen molar-refractivity contribution >= 4 is 5.97 Å². The third-order valence-corrected chi connectivity index (χ3v) is 2.55. The Kier molecular flexibility index (Phi) is 6.61. The summed E-state index contributed by atoms with van der Waals surface area (Å²) in [5.41, 5.74) is -0.780. The highest BCUT2D eigenvalue weighted by atomic mass is 17.5. The van der Waals surface area contributed by atoms with Gasteiger partial charge < -0.3 is 9.84 Å². The van der Waals surface area contributed by atoms with Crippen LogP contribution in [-0.4, -0.2) is 28.9 Å². The van der Waals surface area contributed by atoms with Crippen molar-refractivity contribution in [1.29, 1.82) is 0 Å². The largest absolute Gasteiger partial charge is 0.479 e. The number of benzene rings is 1. The van der Waals surface area contributed by atoms with Gasteiger partial charge in [-0.15, -0.1) is 0 Å². The van der Waals surface area contributed by atoms with Crippen LogP contribution in [0.25, 0.3) is 0 Å². The lowest BCUT2D eigenvalue weighted by Gasteiger charge is -2.23. The summed E-state index contributed by atoms with van der Waals surface area (Å²) < 4.78 is 5.37. The number of aliphatic hydroxyl groups is 1. The first kappa shape index (κ1) is 17.4. The van der Waals surface area contributed by atoms with Crippen LogP contribution in [0.1, 0.15) is 34.1 Å². The first-order chi connectivity index (χ1) is 9.80. The number of carbonyl (C=O) groups is 1. The van der Waals surface area contributed by atoms with E-state index in [0.717, 1.165) is 0 Å². The quantitative estimate of drug-likeness (QED) is 0.587. The topological polar surface area (TPSA) is 74.2 Å². The highest BCUT2D eigenvalue weighted by Crippen LogP contribution is 2.17. The van der Waals surface area contributed by atoms with Crippen LogP contribution < -0.4 is 4.74 Å². The molecule has 0 spiro atoms. The lowest BCUT2D eigenvalue weighted by Crippen LogP contribution is -2.31. The molecule has 0 saturated carbocycles. The monoisotopic (exact) mass is 298 g/mol. The van der Waals surface area contributed by atoms with E-state index >= 15 is 0 Å². The van der Waals surface area contributed by atoms with Gasteiger partial charge in [-0.3, -0.25) is 4.89 Å². The molecule has 0 saturated heterocycles. The molecule has 0 heterocycles. The molecule has 0 aliphatic rings. The second kappa shape index (κ2) is 7.97. The maximum absolute atomic E-state index is 11.7. The van der Waals surface area contributed by atoms with Gasteiger partial charge in [-0.2, -0.15) is 4.89 Å². The molecular formula is C15H22O6.